The third kappa shape index (κ3) is 16.1. The zero-order chi connectivity index (χ0) is 27.4. The first-order valence-electron chi connectivity index (χ1n) is 15.1. The lowest BCUT2D eigenvalue weighted by Crippen LogP contribution is -2.32. The second kappa shape index (κ2) is 20.4. The average molecular weight is 532 g/mol. The number of rotatable bonds is 20. The van der Waals surface area contributed by atoms with Crippen LogP contribution in [0.25, 0.3) is 0 Å². The average Bonchev–Trinajstić information content (AvgIpc) is 2.86. The fourth-order valence-corrected chi connectivity index (χ4v) is 4.82. The Labute approximate surface area is 234 Å². The monoisotopic (exact) mass is 531 g/mol. The molecule has 1 rings (SSSR count). The minimum absolute atomic E-state index is 0.00112. The number of ether oxygens (including phenoxy) is 1. The molecule has 0 aromatic heterocycles. The largest absolute Gasteiger partial charge is 0.496 e. The van der Waals surface area contributed by atoms with Crippen molar-refractivity contribution >= 4 is 23.5 Å². The van der Waals surface area contributed by atoms with Crippen molar-refractivity contribution in [1.82, 2.24) is 10.7 Å². The maximum atomic E-state index is 5.58. The van der Waals surface area contributed by atoms with Crippen LogP contribution in [0.3, 0.4) is 0 Å². The summed E-state index contributed by atoms with van der Waals surface area (Å²) in [7, 11) is 1.73. The van der Waals surface area contributed by atoms with E-state index in [1.54, 1.807) is 7.11 Å². The highest BCUT2D eigenvalue weighted by atomic mass is 32.1. The predicted molar refractivity (Wildman–Crippen MR) is 167 cm³/mol. The Bertz CT molecular complexity index is 770. The van der Waals surface area contributed by atoms with Crippen LogP contribution in [0.4, 0.5) is 0 Å². The first kappa shape index (κ1) is 33.4. The number of nitrogens with one attached hydrogen (secondary N) is 2. The lowest BCUT2D eigenvalue weighted by Gasteiger charge is -2.23. The van der Waals surface area contributed by atoms with E-state index in [-0.39, 0.29) is 5.41 Å². The second-order valence-corrected chi connectivity index (χ2v) is 12.0. The standard InChI is InChI=1S/C32H57N3OS/c1-7-8-9-10-11-12-13-14-15-16-17-18-19-20-21-22-23-33-31(37)35-34-26-28-25-29(32(3,4)5)30(36-6)24-27(28)2/h24-26H,7-23H2,1-6H3,(H2,33,35,37)/b34-26+. The van der Waals surface area contributed by atoms with Crippen LogP contribution in [-0.4, -0.2) is 25.0 Å². The number of hydrogen-bond donors (Lipinski definition) is 2. The van der Waals surface area contributed by atoms with Gasteiger partial charge in [-0.2, -0.15) is 5.10 Å². The highest BCUT2D eigenvalue weighted by Gasteiger charge is 2.20. The molecule has 5 heteroatoms. The molecule has 0 spiro atoms. The van der Waals surface area contributed by atoms with Crippen molar-refractivity contribution in [3.63, 3.8) is 0 Å². The zero-order valence-corrected chi connectivity index (χ0v) is 25.8. The Balaban J connectivity index is 2.05. The maximum absolute atomic E-state index is 5.58. The number of hydrogen-bond acceptors (Lipinski definition) is 3. The van der Waals surface area contributed by atoms with E-state index in [0.29, 0.717) is 5.11 Å². The van der Waals surface area contributed by atoms with Gasteiger partial charge < -0.3 is 10.1 Å². The third-order valence-electron chi connectivity index (χ3n) is 7.08. The first-order chi connectivity index (χ1) is 17.8. The van der Waals surface area contributed by atoms with Crippen LogP contribution in [0.5, 0.6) is 5.75 Å². The molecule has 212 valence electrons. The van der Waals surface area contributed by atoms with Crippen LogP contribution in [0, 0.1) is 6.92 Å². The molecule has 0 aliphatic rings. The number of methoxy groups -OCH3 is 1. The van der Waals surface area contributed by atoms with Gasteiger partial charge in [0.1, 0.15) is 5.75 Å². The number of hydrazone groups is 1. The maximum Gasteiger partial charge on any atom is 0.186 e. The summed E-state index contributed by atoms with van der Waals surface area (Å²) in [5.74, 6) is 0.922. The van der Waals surface area contributed by atoms with Crippen molar-refractivity contribution in [1.29, 1.82) is 0 Å². The molecule has 0 unspecified atom stereocenters. The molecule has 0 fully saturated rings. The summed E-state index contributed by atoms with van der Waals surface area (Å²) in [5.41, 5.74) is 6.33. The van der Waals surface area contributed by atoms with Gasteiger partial charge >= 0.3 is 0 Å². The molecule has 0 atom stereocenters. The minimum atomic E-state index is -0.00112. The number of benzene rings is 1. The summed E-state index contributed by atoms with van der Waals surface area (Å²) in [6.45, 7) is 11.8. The Morgan fingerprint density at radius 1 is 0.838 bits per heavy atom. The van der Waals surface area contributed by atoms with E-state index in [1.807, 2.05) is 6.21 Å². The van der Waals surface area contributed by atoms with E-state index in [1.165, 1.54) is 102 Å². The zero-order valence-electron chi connectivity index (χ0n) is 25.0. The van der Waals surface area contributed by atoms with E-state index in [4.69, 9.17) is 17.0 Å². The fourth-order valence-electron chi connectivity index (χ4n) is 4.67. The Morgan fingerprint density at radius 2 is 1.32 bits per heavy atom. The highest BCUT2D eigenvalue weighted by molar-refractivity contribution is 7.80. The Morgan fingerprint density at radius 3 is 1.78 bits per heavy atom. The smallest absolute Gasteiger partial charge is 0.186 e. The van der Waals surface area contributed by atoms with Crippen LogP contribution in [-0.2, 0) is 5.41 Å². The highest BCUT2D eigenvalue weighted by Crippen LogP contribution is 2.33. The van der Waals surface area contributed by atoms with Gasteiger partial charge in [0.2, 0.25) is 0 Å². The van der Waals surface area contributed by atoms with Crippen LogP contribution in [0.15, 0.2) is 17.2 Å². The molecule has 1 aromatic carbocycles. The van der Waals surface area contributed by atoms with Gasteiger partial charge in [-0.3, -0.25) is 5.43 Å². The predicted octanol–water partition coefficient (Wildman–Crippen LogP) is 9.36. The number of thiocarbonyl (C=S) groups is 1. The molecule has 4 nitrogen and oxygen atoms in total. The third-order valence-corrected chi connectivity index (χ3v) is 7.32. The summed E-state index contributed by atoms with van der Waals surface area (Å²) >= 11 is 5.38. The normalized spacial score (nSPS) is 11.7. The molecule has 0 heterocycles. The van der Waals surface area contributed by atoms with E-state index in [0.717, 1.165) is 29.8 Å². The molecule has 0 bridgehead atoms. The van der Waals surface area contributed by atoms with Gasteiger partial charge in [-0.1, -0.05) is 124 Å². The van der Waals surface area contributed by atoms with Crippen LogP contribution in [0.1, 0.15) is 147 Å². The summed E-state index contributed by atoms with van der Waals surface area (Å²) in [5, 5.41) is 8.21. The van der Waals surface area contributed by atoms with Crippen molar-refractivity contribution < 1.29 is 4.74 Å². The number of unbranched alkanes of at least 4 members (excludes halogenated alkanes) is 15. The van der Waals surface area contributed by atoms with E-state index in [9.17, 15) is 0 Å². The van der Waals surface area contributed by atoms with Gasteiger partial charge in [-0.25, -0.2) is 0 Å². The summed E-state index contributed by atoms with van der Waals surface area (Å²) < 4.78 is 5.58. The quantitative estimate of drug-likeness (QED) is 0.0761. The van der Waals surface area contributed by atoms with Crippen molar-refractivity contribution in [2.75, 3.05) is 13.7 Å². The molecular formula is C32H57N3OS. The molecule has 0 saturated heterocycles. The molecule has 0 aliphatic heterocycles. The molecule has 2 N–H and O–H groups in total. The summed E-state index contributed by atoms with van der Waals surface area (Å²) in [4.78, 5) is 0. The van der Waals surface area contributed by atoms with Gasteiger partial charge in [-0.05, 0) is 54.2 Å². The van der Waals surface area contributed by atoms with Gasteiger partial charge in [0.15, 0.2) is 5.11 Å². The molecule has 0 saturated carbocycles. The lowest BCUT2D eigenvalue weighted by atomic mass is 9.84. The van der Waals surface area contributed by atoms with E-state index >= 15 is 0 Å². The summed E-state index contributed by atoms with van der Waals surface area (Å²) in [6, 6.07) is 4.24. The minimum Gasteiger partial charge on any atom is -0.496 e. The second-order valence-electron chi connectivity index (χ2n) is 11.6. The molecule has 0 radical (unpaired) electrons. The van der Waals surface area contributed by atoms with Gasteiger partial charge in [0.25, 0.3) is 0 Å². The number of aryl methyl sites for hydroxylation is 1. The van der Waals surface area contributed by atoms with Gasteiger partial charge in [0, 0.05) is 12.1 Å². The molecular weight excluding hydrogens is 474 g/mol. The van der Waals surface area contributed by atoms with Gasteiger partial charge in [0.05, 0.1) is 13.3 Å². The topological polar surface area (TPSA) is 45.7 Å². The van der Waals surface area contributed by atoms with Crippen molar-refractivity contribution in [3.8, 4) is 5.75 Å². The van der Waals surface area contributed by atoms with E-state index in [2.05, 4.69) is 62.6 Å². The SMILES string of the molecule is CCCCCCCCCCCCCCCCCCNC(=S)N/N=C/c1cc(C(C)(C)C)c(OC)cc1C. The Hall–Kier alpha value is -1.62. The van der Waals surface area contributed by atoms with E-state index < -0.39 is 0 Å². The molecule has 1 aromatic rings. The Kier molecular flexibility index (Phi) is 18.4. The van der Waals surface area contributed by atoms with Crippen LogP contribution >= 0.6 is 12.2 Å². The van der Waals surface area contributed by atoms with Gasteiger partial charge in [-0.15, -0.1) is 0 Å². The van der Waals surface area contributed by atoms with Crippen LogP contribution in [0.2, 0.25) is 0 Å². The lowest BCUT2D eigenvalue weighted by molar-refractivity contribution is 0.397. The van der Waals surface area contributed by atoms with Crippen molar-refractivity contribution in [2.45, 2.75) is 143 Å². The molecule has 0 amide bonds. The first-order valence-corrected chi connectivity index (χ1v) is 15.5. The molecule has 37 heavy (non-hydrogen) atoms. The van der Waals surface area contributed by atoms with Crippen LogP contribution < -0.4 is 15.5 Å². The fraction of sp³-hybridized carbons (Fsp3) is 0.750. The van der Waals surface area contributed by atoms with Crippen molar-refractivity contribution in [2.24, 2.45) is 5.10 Å². The summed E-state index contributed by atoms with van der Waals surface area (Å²) in [6.07, 6.45) is 24.0. The molecule has 0 aliphatic carbocycles. The van der Waals surface area contributed by atoms with Crippen molar-refractivity contribution in [3.05, 3.63) is 28.8 Å². The number of nitrogens with zero attached hydrogens (tertiary/aromatic N) is 1.